The van der Waals surface area contributed by atoms with Crippen LogP contribution in [0.5, 0.6) is 5.75 Å². The molecule has 1 aliphatic rings. The summed E-state index contributed by atoms with van der Waals surface area (Å²) in [5, 5.41) is 0. The van der Waals surface area contributed by atoms with Crippen LogP contribution in [0.3, 0.4) is 0 Å². The Morgan fingerprint density at radius 2 is 1.75 bits per heavy atom. The van der Waals surface area contributed by atoms with Gasteiger partial charge in [0.25, 0.3) is 0 Å². The van der Waals surface area contributed by atoms with E-state index in [0.29, 0.717) is 12.0 Å². The molecule has 0 N–H and O–H groups in total. The summed E-state index contributed by atoms with van der Waals surface area (Å²) < 4.78 is 6.16. The van der Waals surface area contributed by atoms with Gasteiger partial charge in [-0.15, -0.1) is 0 Å². The van der Waals surface area contributed by atoms with E-state index < -0.39 is 0 Å². The lowest BCUT2D eigenvalue weighted by Gasteiger charge is -2.20. The zero-order valence-electron chi connectivity index (χ0n) is 13.4. The van der Waals surface area contributed by atoms with Crippen molar-refractivity contribution in [3.05, 3.63) is 29.8 Å². The van der Waals surface area contributed by atoms with Gasteiger partial charge in [-0.05, 0) is 55.2 Å². The van der Waals surface area contributed by atoms with E-state index >= 15 is 0 Å². The van der Waals surface area contributed by atoms with E-state index in [1.807, 2.05) is 0 Å². The highest BCUT2D eigenvalue weighted by atomic mass is 16.5. The topological polar surface area (TPSA) is 9.23 Å². The summed E-state index contributed by atoms with van der Waals surface area (Å²) in [6.45, 7) is 6.93. The van der Waals surface area contributed by atoms with Crippen molar-refractivity contribution in [1.29, 1.82) is 0 Å². The fourth-order valence-electron chi connectivity index (χ4n) is 3.15. The first kappa shape index (κ1) is 15.4. The van der Waals surface area contributed by atoms with E-state index in [2.05, 4.69) is 45.0 Å². The zero-order chi connectivity index (χ0) is 14.4. The molecular formula is C19H30O. The molecule has 0 saturated heterocycles. The molecule has 0 heterocycles. The molecule has 3 atom stereocenters. The Hall–Kier alpha value is -0.980. The fraction of sp³-hybridized carbons (Fsp3) is 0.684. The summed E-state index contributed by atoms with van der Waals surface area (Å²) in [5.41, 5.74) is 1.45. The highest BCUT2D eigenvalue weighted by molar-refractivity contribution is 5.27. The summed E-state index contributed by atoms with van der Waals surface area (Å²) in [4.78, 5) is 0. The van der Waals surface area contributed by atoms with E-state index in [-0.39, 0.29) is 0 Å². The van der Waals surface area contributed by atoms with Crippen LogP contribution >= 0.6 is 0 Å². The maximum atomic E-state index is 6.16. The molecular weight excluding hydrogens is 244 g/mol. The average molecular weight is 274 g/mol. The molecule has 1 fully saturated rings. The largest absolute Gasteiger partial charge is 0.490 e. The summed E-state index contributed by atoms with van der Waals surface area (Å²) in [6.07, 6.45) is 9.47. The maximum Gasteiger partial charge on any atom is 0.119 e. The Bertz CT molecular complexity index is 381. The molecule has 0 radical (unpaired) electrons. The van der Waals surface area contributed by atoms with Crippen LogP contribution in [0.25, 0.3) is 0 Å². The van der Waals surface area contributed by atoms with Crippen LogP contribution in [0, 0.1) is 11.8 Å². The number of hydrogen-bond acceptors (Lipinski definition) is 1. The van der Waals surface area contributed by atoms with E-state index in [9.17, 15) is 0 Å². The molecule has 1 heteroatoms. The average Bonchev–Trinajstić information content (AvgIpc) is 2.77. The second-order valence-corrected chi connectivity index (χ2v) is 6.52. The highest BCUT2D eigenvalue weighted by Gasteiger charge is 2.31. The third-order valence-electron chi connectivity index (χ3n) is 4.92. The van der Waals surface area contributed by atoms with Gasteiger partial charge < -0.3 is 4.74 Å². The molecule has 0 amide bonds. The Kier molecular flexibility index (Phi) is 5.94. The van der Waals surface area contributed by atoms with Gasteiger partial charge in [-0.3, -0.25) is 0 Å². The molecule has 3 unspecified atom stereocenters. The molecule has 1 saturated carbocycles. The Labute approximate surface area is 124 Å². The van der Waals surface area contributed by atoms with Crippen LogP contribution in [0.15, 0.2) is 24.3 Å². The van der Waals surface area contributed by atoms with Gasteiger partial charge in [-0.2, -0.15) is 0 Å². The van der Waals surface area contributed by atoms with E-state index in [4.69, 9.17) is 4.74 Å². The van der Waals surface area contributed by atoms with E-state index in [1.54, 1.807) is 0 Å². The molecule has 1 aliphatic carbocycles. The van der Waals surface area contributed by atoms with Gasteiger partial charge in [0, 0.05) is 0 Å². The molecule has 0 aliphatic heterocycles. The van der Waals surface area contributed by atoms with Crippen molar-refractivity contribution < 1.29 is 4.74 Å². The quantitative estimate of drug-likeness (QED) is 0.586. The van der Waals surface area contributed by atoms with Crippen LogP contribution in [0.4, 0.5) is 0 Å². The third-order valence-corrected chi connectivity index (χ3v) is 4.92. The van der Waals surface area contributed by atoms with Crippen molar-refractivity contribution in [1.82, 2.24) is 0 Å². The summed E-state index contributed by atoms with van der Waals surface area (Å²) in [7, 11) is 0. The normalized spacial score (nSPS) is 25.9. The van der Waals surface area contributed by atoms with Crippen LogP contribution < -0.4 is 4.74 Å². The number of aryl methyl sites for hydroxylation is 1. The maximum absolute atomic E-state index is 6.16. The second-order valence-electron chi connectivity index (χ2n) is 6.52. The lowest BCUT2D eigenvalue weighted by atomic mass is 9.99. The minimum Gasteiger partial charge on any atom is -0.490 e. The second kappa shape index (κ2) is 7.71. The minimum absolute atomic E-state index is 0.417. The molecule has 20 heavy (non-hydrogen) atoms. The van der Waals surface area contributed by atoms with E-state index in [0.717, 1.165) is 11.7 Å². The van der Waals surface area contributed by atoms with Crippen molar-refractivity contribution in [2.75, 3.05) is 0 Å². The third kappa shape index (κ3) is 4.26. The minimum atomic E-state index is 0.417. The first-order chi connectivity index (χ1) is 9.70. The molecule has 1 nitrogen and oxygen atoms in total. The Balaban J connectivity index is 1.79. The summed E-state index contributed by atoms with van der Waals surface area (Å²) in [6, 6.07) is 8.80. The number of unbranched alkanes of at least 4 members (excludes halogenated alkanes) is 3. The Morgan fingerprint density at radius 1 is 1.00 bits per heavy atom. The van der Waals surface area contributed by atoms with Gasteiger partial charge in [0.05, 0.1) is 0 Å². The number of ether oxygens (including phenoxy) is 1. The molecule has 0 bridgehead atoms. The SMILES string of the molecule is CCCCCCc1ccc(OC2CCC(C)C2C)cc1. The van der Waals surface area contributed by atoms with Crippen LogP contribution in [0.2, 0.25) is 0 Å². The Morgan fingerprint density at radius 3 is 2.35 bits per heavy atom. The van der Waals surface area contributed by atoms with Crippen molar-refractivity contribution >= 4 is 0 Å². The summed E-state index contributed by atoms with van der Waals surface area (Å²) >= 11 is 0. The molecule has 2 rings (SSSR count). The lowest BCUT2D eigenvalue weighted by molar-refractivity contribution is 0.155. The van der Waals surface area contributed by atoms with Crippen molar-refractivity contribution in [3.8, 4) is 5.75 Å². The number of hydrogen-bond donors (Lipinski definition) is 0. The first-order valence-corrected chi connectivity index (χ1v) is 8.46. The summed E-state index contributed by atoms with van der Waals surface area (Å²) in [5.74, 6) is 2.54. The smallest absolute Gasteiger partial charge is 0.119 e. The molecule has 0 aromatic heterocycles. The van der Waals surface area contributed by atoms with Gasteiger partial charge in [0.15, 0.2) is 0 Å². The van der Waals surface area contributed by atoms with Gasteiger partial charge >= 0.3 is 0 Å². The first-order valence-electron chi connectivity index (χ1n) is 8.46. The van der Waals surface area contributed by atoms with Gasteiger partial charge in [-0.1, -0.05) is 52.2 Å². The number of rotatable bonds is 7. The fourth-order valence-corrected chi connectivity index (χ4v) is 3.15. The standard InChI is InChI=1S/C19H30O/c1-4-5-6-7-8-17-10-12-18(13-11-17)20-19-14-9-15(2)16(19)3/h10-13,15-16,19H,4-9,14H2,1-3H3. The molecule has 0 spiro atoms. The predicted molar refractivity (Wildman–Crippen MR) is 86.3 cm³/mol. The molecule has 1 aromatic rings. The van der Waals surface area contributed by atoms with Crippen molar-refractivity contribution in [2.45, 2.75) is 71.8 Å². The zero-order valence-corrected chi connectivity index (χ0v) is 13.4. The van der Waals surface area contributed by atoms with Crippen LogP contribution in [-0.2, 0) is 6.42 Å². The predicted octanol–water partition coefficient (Wildman–Crippen LogP) is 5.62. The van der Waals surface area contributed by atoms with Gasteiger partial charge in [-0.25, -0.2) is 0 Å². The number of benzene rings is 1. The molecule has 112 valence electrons. The van der Waals surface area contributed by atoms with Gasteiger partial charge in [0.1, 0.15) is 11.9 Å². The molecule has 1 aromatic carbocycles. The van der Waals surface area contributed by atoms with Crippen molar-refractivity contribution in [2.24, 2.45) is 11.8 Å². The lowest BCUT2D eigenvalue weighted by Crippen LogP contribution is -2.21. The highest BCUT2D eigenvalue weighted by Crippen LogP contribution is 2.34. The van der Waals surface area contributed by atoms with Crippen molar-refractivity contribution in [3.63, 3.8) is 0 Å². The van der Waals surface area contributed by atoms with E-state index in [1.165, 1.54) is 50.5 Å². The monoisotopic (exact) mass is 274 g/mol. The van der Waals surface area contributed by atoms with Gasteiger partial charge in [0.2, 0.25) is 0 Å². The van der Waals surface area contributed by atoms with Crippen LogP contribution in [0.1, 0.15) is 64.9 Å². The van der Waals surface area contributed by atoms with Crippen LogP contribution in [-0.4, -0.2) is 6.10 Å².